The van der Waals surface area contributed by atoms with Crippen molar-refractivity contribution in [2.75, 3.05) is 5.32 Å². The van der Waals surface area contributed by atoms with Crippen molar-refractivity contribution in [3.8, 4) is 0 Å². The number of rotatable bonds is 3. The van der Waals surface area contributed by atoms with Gasteiger partial charge in [0.05, 0.1) is 0 Å². The number of hydrogen-bond acceptors (Lipinski definition) is 3. The Morgan fingerprint density at radius 1 is 1.16 bits per heavy atom. The lowest BCUT2D eigenvalue weighted by atomic mass is 10.2. The van der Waals surface area contributed by atoms with E-state index in [0.29, 0.717) is 12.5 Å². The predicted molar refractivity (Wildman–Crippen MR) is 74.4 cm³/mol. The highest BCUT2D eigenvalue weighted by atomic mass is 79.9. The number of fused-ring (bicyclic) bond motifs is 1. The number of halogens is 2. The van der Waals surface area contributed by atoms with E-state index in [1.807, 2.05) is 18.3 Å². The van der Waals surface area contributed by atoms with Gasteiger partial charge in [-0.1, -0.05) is 12.1 Å². The molecule has 0 aliphatic heterocycles. The molecule has 0 radical (unpaired) electrons. The topological polar surface area (TPSA) is 42.2 Å². The summed E-state index contributed by atoms with van der Waals surface area (Å²) in [5.74, 6) is 0.307. The van der Waals surface area contributed by atoms with E-state index in [2.05, 4.69) is 31.3 Å². The maximum atomic E-state index is 12.8. The van der Waals surface area contributed by atoms with Gasteiger partial charge in [0.25, 0.3) is 0 Å². The summed E-state index contributed by atoms with van der Waals surface area (Å²) in [6.45, 7) is 0.554. The largest absolute Gasteiger partial charge is 0.349 e. The highest BCUT2D eigenvalue weighted by molar-refractivity contribution is 9.10. The fourth-order valence-electron chi connectivity index (χ4n) is 1.72. The highest BCUT2D eigenvalue weighted by Gasteiger charge is 2.03. The normalized spacial score (nSPS) is 10.8. The minimum absolute atomic E-state index is 0.237. The van der Waals surface area contributed by atoms with Crippen LogP contribution in [0.5, 0.6) is 0 Å². The monoisotopic (exact) mass is 320 g/mol. The lowest BCUT2D eigenvalue weighted by Crippen LogP contribution is -2.01. The predicted octanol–water partition coefficient (Wildman–Crippen LogP) is 3.24. The molecule has 0 atom stereocenters. The van der Waals surface area contributed by atoms with Gasteiger partial charge in [-0.3, -0.25) is 0 Å². The molecule has 0 aliphatic carbocycles. The van der Waals surface area contributed by atoms with Crippen molar-refractivity contribution < 1.29 is 4.39 Å². The molecule has 0 amide bonds. The van der Waals surface area contributed by atoms with Crippen LogP contribution in [0.1, 0.15) is 5.56 Å². The Morgan fingerprint density at radius 2 is 1.95 bits per heavy atom. The second kappa shape index (κ2) is 4.97. The third-order valence-electron chi connectivity index (χ3n) is 2.66. The third kappa shape index (κ3) is 2.73. The van der Waals surface area contributed by atoms with Crippen LogP contribution in [0, 0.1) is 5.82 Å². The minimum Gasteiger partial charge on any atom is -0.349 e. The van der Waals surface area contributed by atoms with E-state index in [4.69, 9.17) is 0 Å². The van der Waals surface area contributed by atoms with E-state index in [1.165, 1.54) is 12.1 Å². The van der Waals surface area contributed by atoms with Gasteiger partial charge in [0, 0.05) is 17.2 Å². The average molecular weight is 321 g/mol. The van der Waals surface area contributed by atoms with Crippen molar-refractivity contribution in [2.45, 2.75) is 6.54 Å². The SMILES string of the molecule is Fc1ccc(CNc2nc3ccc(Br)cn3n2)cc1. The number of anilines is 1. The third-order valence-corrected chi connectivity index (χ3v) is 3.13. The Bertz CT molecular complexity index is 708. The van der Waals surface area contributed by atoms with Crippen LogP contribution in [-0.2, 0) is 6.54 Å². The quantitative estimate of drug-likeness (QED) is 0.805. The summed E-state index contributed by atoms with van der Waals surface area (Å²) in [6, 6.07) is 10.1. The zero-order valence-electron chi connectivity index (χ0n) is 9.85. The molecule has 0 bridgehead atoms. The summed E-state index contributed by atoms with van der Waals surface area (Å²) in [5, 5.41) is 7.41. The summed E-state index contributed by atoms with van der Waals surface area (Å²) in [6.07, 6.45) is 1.84. The summed E-state index contributed by atoms with van der Waals surface area (Å²) < 4.78 is 15.4. The van der Waals surface area contributed by atoms with Crippen LogP contribution < -0.4 is 5.32 Å². The van der Waals surface area contributed by atoms with Crippen molar-refractivity contribution in [1.29, 1.82) is 0 Å². The van der Waals surface area contributed by atoms with Gasteiger partial charge in [-0.15, -0.1) is 5.10 Å². The van der Waals surface area contributed by atoms with E-state index in [-0.39, 0.29) is 5.82 Å². The Labute approximate surface area is 117 Å². The number of benzene rings is 1. The van der Waals surface area contributed by atoms with Crippen LogP contribution >= 0.6 is 15.9 Å². The molecule has 3 rings (SSSR count). The van der Waals surface area contributed by atoms with Crippen molar-refractivity contribution in [3.63, 3.8) is 0 Å². The molecule has 0 fully saturated rings. The number of nitrogens with zero attached hydrogens (tertiary/aromatic N) is 3. The first-order valence-corrected chi connectivity index (χ1v) is 6.50. The Morgan fingerprint density at radius 3 is 2.74 bits per heavy atom. The number of hydrogen-bond donors (Lipinski definition) is 1. The van der Waals surface area contributed by atoms with Crippen LogP contribution in [0.3, 0.4) is 0 Å². The lowest BCUT2D eigenvalue weighted by molar-refractivity contribution is 0.627. The smallest absolute Gasteiger partial charge is 0.243 e. The standard InChI is InChI=1S/C13H10BrFN4/c14-10-3-6-12-17-13(18-19(12)8-10)16-7-9-1-4-11(15)5-2-9/h1-6,8H,7H2,(H,16,18). The molecule has 6 heteroatoms. The van der Waals surface area contributed by atoms with E-state index in [9.17, 15) is 4.39 Å². The van der Waals surface area contributed by atoms with Crippen molar-refractivity contribution in [3.05, 3.63) is 58.4 Å². The van der Waals surface area contributed by atoms with E-state index in [0.717, 1.165) is 15.7 Å². The second-order valence-corrected chi connectivity index (χ2v) is 4.98. The van der Waals surface area contributed by atoms with Gasteiger partial charge in [-0.05, 0) is 45.8 Å². The van der Waals surface area contributed by atoms with E-state index >= 15 is 0 Å². The first kappa shape index (κ1) is 12.1. The van der Waals surface area contributed by atoms with E-state index in [1.54, 1.807) is 16.6 Å². The van der Waals surface area contributed by atoms with Gasteiger partial charge in [0.15, 0.2) is 5.65 Å². The van der Waals surface area contributed by atoms with Gasteiger partial charge >= 0.3 is 0 Å². The molecule has 3 aromatic rings. The van der Waals surface area contributed by atoms with Crippen LogP contribution in [0.25, 0.3) is 5.65 Å². The van der Waals surface area contributed by atoms with Crippen LogP contribution in [0.2, 0.25) is 0 Å². The summed E-state index contributed by atoms with van der Waals surface area (Å²) in [7, 11) is 0. The molecular formula is C13H10BrFN4. The van der Waals surface area contributed by atoms with Gasteiger partial charge in [-0.25, -0.2) is 8.91 Å². The molecule has 1 aromatic carbocycles. The maximum absolute atomic E-state index is 12.8. The number of pyridine rings is 1. The second-order valence-electron chi connectivity index (χ2n) is 4.07. The van der Waals surface area contributed by atoms with Crippen LogP contribution in [0.15, 0.2) is 47.1 Å². The lowest BCUT2D eigenvalue weighted by Gasteiger charge is -2.01. The first-order valence-electron chi connectivity index (χ1n) is 5.71. The van der Waals surface area contributed by atoms with Crippen LogP contribution in [0.4, 0.5) is 10.3 Å². The zero-order chi connectivity index (χ0) is 13.2. The molecular weight excluding hydrogens is 311 g/mol. The van der Waals surface area contributed by atoms with Gasteiger partial charge < -0.3 is 5.32 Å². The average Bonchev–Trinajstić information content (AvgIpc) is 2.80. The Balaban J connectivity index is 1.76. The minimum atomic E-state index is -0.237. The molecule has 4 nitrogen and oxygen atoms in total. The molecule has 1 N–H and O–H groups in total. The number of nitrogens with one attached hydrogen (secondary N) is 1. The molecule has 0 saturated heterocycles. The Hall–Kier alpha value is -1.95. The summed E-state index contributed by atoms with van der Waals surface area (Å²) in [4.78, 5) is 4.33. The Kier molecular flexibility index (Phi) is 3.16. The van der Waals surface area contributed by atoms with Crippen molar-refractivity contribution >= 4 is 27.5 Å². The summed E-state index contributed by atoms with van der Waals surface area (Å²) >= 11 is 3.38. The molecule has 0 aliphatic rings. The molecule has 0 saturated carbocycles. The van der Waals surface area contributed by atoms with Gasteiger partial charge in [-0.2, -0.15) is 4.98 Å². The molecule has 0 spiro atoms. The molecule has 19 heavy (non-hydrogen) atoms. The maximum Gasteiger partial charge on any atom is 0.243 e. The fourth-order valence-corrected chi connectivity index (χ4v) is 2.04. The summed E-state index contributed by atoms with van der Waals surface area (Å²) in [5.41, 5.74) is 1.74. The van der Waals surface area contributed by atoms with E-state index < -0.39 is 0 Å². The number of aromatic nitrogens is 3. The molecule has 96 valence electrons. The van der Waals surface area contributed by atoms with Gasteiger partial charge in [0.2, 0.25) is 5.95 Å². The molecule has 2 aromatic heterocycles. The first-order chi connectivity index (χ1) is 9.20. The highest BCUT2D eigenvalue weighted by Crippen LogP contribution is 2.12. The molecule has 0 unspecified atom stereocenters. The van der Waals surface area contributed by atoms with Crippen molar-refractivity contribution in [2.24, 2.45) is 0 Å². The zero-order valence-corrected chi connectivity index (χ0v) is 11.4. The van der Waals surface area contributed by atoms with Crippen LogP contribution in [-0.4, -0.2) is 14.6 Å². The molecule has 2 heterocycles. The van der Waals surface area contributed by atoms with Gasteiger partial charge in [0.1, 0.15) is 5.82 Å². The van der Waals surface area contributed by atoms with Crippen molar-refractivity contribution in [1.82, 2.24) is 14.6 Å². The fraction of sp³-hybridized carbons (Fsp3) is 0.0769.